The van der Waals surface area contributed by atoms with Crippen LogP contribution < -0.4 is 4.74 Å². The van der Waals surface area contributed by atoms with Gasteiger partial charge < -0.3 is 34.2 Å². The van der Waals surface area contributed by atoms with Gasteiger partial charge in [0.2, 0.25) is 5.91 Å². The minimum atomic E-state index is -1.82. The van der Waals surface area contributed by atoms with E-state index in [2.05, 4.69) is 25.7 Å². The van der Waals surface area contributed by atoms with Crippen LogP contribution in [0.15, 0.2) is 48.5 Å². The normalized spacial score (nSPS) is 19.1. The second-order valence-corrected chi connectivity index (χ2v) is 11.7. The van der Waals surface area contributed by atoms with Gasteiger partial charge in [-0.05, 0) is 67.5 Å². The number of likely N-dealkylation sites (tertiary alicyclic amines) is 1. The van der Waals surface area contributed by atoms with E-state index in [-0.39, 0.29) is 30.2 Å². The lowest BCUT2D eigenvalue weighted by Gasteiger charge is -2.39. The Hall–Kier alpha value is -3.54. The first-order valence-electron chi connectivity index (χ1n) is 15.2. The van der Waals surface area contributed by atoms with Crippen LogP contribution in [0.5, 0.6) is 5.75 Å². The Bertz CT molecular complexity index is 1170. The number of rotatable bonds is 11. The van der Waals surface area contributed by atoms with E-state index in [9.17, 15) is 9.18 Å². The highest BCUT2D eigenvalue weighted by atomic mass is 19.1. The molecule has 0 radical (unpaired) electrons. The van der Waals surface area contributed by atoms with Crippen LogP contribution in [0.4, 0.5) is 4.39 Å². The Morgan fingerprint density at radius 3 is 2.16 bits per heavy atom. The molecule has 10 nitrogen and oxygen atoms in total. The first kappa shape index (κ1) is 34.9. The van der Waals surface area contributed by atoms with Crippen LogP contribution in [-0.2, 0) is 36.8 Å². The number of amides is 1. The predicted octanol–water partition coefficient (Wildman–Crippen LogP) is 4.59. The number of aliphatic carboxylic acids is 2. The van der Waals surface area contributed by atoms with E-state index in [1.165, 1.54) is 12.1 Å². The average molecular weight is 617 g/mol. The predicted molar refractivity (Wildman–Crippen MR) is 162 cm³/mol. The fourth-order valence-corrected chi connectivity index (χ4v) is 5.08. The zero-order valence-corrected chi connectivity index (χ0v) is 25.8. The summed E-state index contributed by atoms with van der Waals surface area (Å²) in [6.45, 7) is 11.1. The molecule has 0 aliphatic carbocycles. The molecule has 1 amide bonds. The third-order valence-electron chi connectivity index (χ3n) is 7.52. The number of hydrogen-bond acceptors (Lipinski definition) is 7. The Balaban J connectivity index is 0.000000801. The van der Waals surface area contributed by atoms with Gasteiger partial charge in [0.1, 0.15) is 11.6 Å². The first-order chi connectivity index (χ1) is 21.0. The molecule has 0 saturated carbocycles. The van der Waals surface area contributed by atoms with Crippen molar-refractivity contribution in [2.75, 3.05) is 32.8 Å². The summed E-state index contributed by atoms with van der Waals surface area (Å²) in [6, 6.07) is 14.5. The molecule has 2 aromatic rings. The van der Waals surface area contributed by atoms with Crippen molar-refractivity contribution in [1.29, 1.82) is 0 Å². The molecule has 2 N–H and O–H groups in total. The van der Waals surface area contributed by atoms with Crippen molar-refractivity contribution >= 4 is 17.8 Å². The smallest absolute Gasteiger partial charge is 0.414 e. The highest BCUT2D eigenvalue weighted by Gasteiger charge is 2.29. The van der Waals surface area contributed by atoms with Crippen molar-refractivity contribution in [1.82, 2.24) is 9.80 Å². The highest BCUT2D eigenvalue weighted by Crippen LogP contribution is 2.23. The molecule has 2 heterocycles. The first-order valence-corrected chi connectivity index (χ1v) is 15.2. The summed E-state index contributed by atoms with van der Waals surface area (Å²) < 4.78 is 31.0. The van der Waals surface area contributed by atoms with Gasteiger partial charge in [-0.1, -0.05) is 38.1 Å². The van der Waals surface area contributed by atoms with E-state index in [1.807, 2.05) is 29.2 Å². The summed E-state index contributed by atoms with van der Waals surface area (Å²) in [4.78, 5) is 36.2. The van der Waals surface area contributed by atoms with Crippen molar-refractivity contribution in [3.05, 3.63) is 65.5 Å². The molecule has 2 saturated heterocycles. The summed E-state index contributed by atoms with van der Waals surface area (Å²) in [7, 11) is 0. The van der Waals surface area contributed by atoms with Gasteiger partial charge in [0.05, 0.1) is 25.7 Å². The van der Waals surface area contributed by atoms with Gasteiger partial charge in [0.25, 0.3) is 0 Å². The largest absolute Gasteiger partial charge is 0.493 e. The summed E-state index contributed by atoms with van der Waals surface area (Å²) in [6.07, 6.45) is 4.12. The van der Waals surface area contributed by atoms with E-state index >= 15 is 0 Å². The molecular weight excluding hydrogens is 571 g/mol. The number of hydrogen-bond donors (Lipinski definition) is 2. The molecule has 2 aliphatic rings. The lowest BCUT2D eigenvalue weighted by Crippen LogP contribution is -2.48. The van der Waals surface area contributed by atoms with Gasteiger partial charge in [-0.2, -0.15) is 0 Å². The quantitative estimate of drug-likeness (QED) is 0.349. The number of piperidine rings is 1. The molecule has 44 heavy (non-hydrogen) atoms. The van der Waals surface area contributed by atoms with E-state index < -0.39 is 11.9 Å². The molecule has 1 unspecified atom stereocenters. The number of carbonyl (C=O) groups is 3. The number of carbonyl (C=O) groups excluding carboxylic acids is 1. The SMILES string of the molecule is CC(C)COc1ccc(CC(=O)N(Cc2ccc(F)cc2)C2CCN(CCC3OCC[C@@H](C)O3)CC2)cc1.O=C(O)C(=O)O. The fourth-order valence-electron chi connectivity index (χ4n) is 5.08. The van der Waals surface area contributed by atoms with Crippen LogP contribution >= 0.6 is 0 Å². The Labute approximate surface area is 258 Å². The zero-order valence-electron chi connectivity index (χ0n) is 25.8. The lowest BCUT2D eigenvalue weighted by atomic mass is 10.0. The maximum Gasteiger partial charge on any atom is 0.414 e. The molecule has 2 aromatic carbocycles. The van der Waals surface area contributed by atoms with Gasteiger partial charge in [-0.3, -0.25) is 4.79 Å². The summed E-state index contributed by atoms with van der Waals surface area (Å²) in [5.41, 5.74) is 1.91. The van der Waals surface area contributed by atoms with E-state index in [1.54, 1.807) is 12.1 Å². The van der Waals surface area contributed by atoms with Crippen molar-refractivity contribution in [3.8, 4) is 5.75 Å². The topological polar surface area (TPSA) is 126 Å². The van der Waals surface area contributed by atoms with Gasteiger partial charge in [0.15, 0.2) is 6.29 Å². The molecule has 4 rings (SSSR count). The molecule has 2 fully saturated rings. The molecule has 242 valence electrons. The van der Waals surface area contributed by atoms with E-state index in [4.69, 9.17) is 34.0 Å². The van der Waals surface area contributed by atoms with Crippen molar-refractivity contribution in [3.63, 3.8) is 0 Å². The molecule has 0 aromatic heterocycles. The average Bonchev–Trinajstić information content (AvgIpc) is 3.00. The van der Waals surface area contributed by atoms with E-state index in [0.717, 1.165) is 68.8 Å². The molecular formula is C33H45FN2O8. The zero-order chi connectivity index (χ0) is 32.1. The Kier molecular flexibility index (Phi) is 14.0. The number of carboxylic acids is 2. The number of halogens is 1. The number of nitrogens with zero attached hydrogens (tertiary/aromatic N) is 2. The second-order valence-electron chi connectivity index (χ2n) is 11.7. The third-order valence-corrected chi connectivity index (χ3v) is 7.52. The monoisotopic (exact) mass is 616 g/mol. The van der Waals surface area contributed by atoms with Crippen LogP contribution in [0.3, 0.4) is 0 Å². The number of benzene rings is 2. The minimum Gasteiger partial charge on any atom is -0.493 e. The van der Waals surface area contributed by atoms with Crippen molar-refractivity contribution < 1.29 is 43.2 Å². The van der Waals surface area contributed by atoms with Crippen LogP contribution in [0, 0.1) is 11.7 Å². The van der Waals surface area contributed by atoms with Gasteiger partial charge in [-0.15, -0.1) is 0 Å². The maximum absolute atomic E-state index is 13.6. The van der Waals surface area contributed by atoms with Crippen LogP contribution in [0.2, 0.25) is 0 Å². The van der Waals surface area contributed by atoms with Crippen molar-refractivity contribution in [2.45, 2.75) is 77.9 Å². The summed E-state index contributed by atoms with van der Waals surface area (Å²) >= 11 is 0. The Morgan fingerprint density at radius 2 is 1.59 bits per heavy atom. The molecule has 0 bridgehead atoms. The van der Waals surface area contributed by atoms with Crippen molar-refractivity contribution in [2.24, 2.45) is 5.92 Å². The summed E-state index contributed by atoms with van der Waals surface area (Å²) in [5, 5.41) is 14.8. The fraction of sp³-hybridized carbons (Fsp3) is 0.545. The van der Waals surface area contributed by atoms with Crippen LogP contribution in [0.25, 0.3) is 0 Å². The Morgan fingerprint density at radius 1 is 0.977 bits per heavy atom. The third kappa shape index (κ3) is 12.2. The van der Waals surface area contributed by atoms with Crippen LogP contribution in [-0.4, -0.2) is 89.1 Å². The highest BCUT2D eigenvalue weighted by molar-refractivity contribution is 6.27. The van der Waals surface area contributed by atoms with Gasteiger partial charge in [0, 0.05) is 38.6 Å². The molecule has 2 aliphatic heterocycles. The van der Waals surface area contributed by atoms with Crippen LogP contribution in [0.1, 0.15) is 57.6 Å². The molecule has 2 atom stereocenters. The number of carboxylic acid groups (broad SMARTS) is 2. The van der Waals surface area contributed by atoms with E-state index in [0.29, 0.717) is 25.5 Å². The molecule has 11 heteroatoms. The standard InChI is InChI=1S/C31H43FN2O4.C2H2O4/c1-23(2)22-37-29-10-6-25(7-11-29)20-30(35)34(21-26-4-8-27(32)9-5-26)28-12-16-33(17-13-28)18-14-31-36-19-15-24(3)38-31;3-1(4)2(5)6/h4-11,23-24,28,31H,12-22H2,1-3H3;(H,3,4)(H,5,6)/t24-,31?;/m1./s1. The second kappa shape index (κ2) is 17.7. The van der Waals surface area contributed by atoms with Gasteiger partial charge >= 0.3 is 11.9 Å². The number of ether oxygens (including phenoxy) is 3. The minimum absolute atomic E-state index is 0.0987. The van der Waals surface area contributed by atoms with Gasteiger partial charge in [-0.25, -0.2) is 14.0 Å². The maximum atomic E-state index is 13.6. The molecule has 0 spiro atoms. The summed E-state index contributed by atoms with van der Waals surface area (Å²) in [5.74, 6) is -2.53. The lowest BCUT2D eigenvalue weighted by molar-refractivity contribution is -0.211.